The summed E-state index contributed by atoms with van der Waals surface area (Å²) in [7, 11) is -7.76. The van der Waals surface area contributed by atoms with Crippen LogP contribution in [0.2, 0.25) is 0 Å². The van der Waals surface area contributed by atoms with E-state index in [-0.39, 0.29) is 23.3 Å². The Kier molecular flexibility index (Phi) is 6.68. The molecule has 0 spiro atoms. The van der Waals surface area contributed by atoms with E-state index in [1.54, 1.807) is 18.2 Å². The van der Waals surface area contributed by atoms with E-state index in [0.717, 1.165) is 17.6 Å². The van der Waals surface area contributed by atoms with Crippen LogP contribution in [-0.4, -0.2) is 56.5 Å². The SMILES string of the molecule is CS(=O)(=O)C(C(=O)NCCS(N)(=O)=O)c1nc2ccc(-c3nnc(-c4ccc(F)cc4)o3)cc2s1. The Hall–Kier alpha value is -3.27. The van der Waals surface area contributed by atoms with Crippen LogP contribution in [0.3, 0.4) is 0 Å². The lowest BCUT2D eigenvalue weighted by atomic mass is 10.2. The highest BCUT2D eigenvalue weighted by atomic mass is 32.2. The Labute approximate surface area is 203 Å². The van der Waals surface area contributed by atoms with E-state index in [4.69, 9.17) is 9.56 Å². The first-order valence-corrected chi connectivity index (χ1v) is 14.4. The van der Waals surface area contributed by atoms with Crippen molar-refractivity contribution in [2.24, 2.45) is 5.14 Å². The number of carbonyl (C=O) groups excluding carboxylic acids is 1. The van der Waals surface area contributed by atoms with Crippen molar-refractivity contribution in [2.75, 3.05) is 18.6 Å². The predicted octanol–water partition coefficient (Wildman–Crippen LogP) is 1.64. The third-order valence-electron chi connectivity index (χ3n) is 4.74. The number of hydrogen-bond acceptors (Lipinski definition) is 10. The molecular formula is C20H18FN5O6S3. The number of benzene rings is 2. The minimum Gasteiger partial charge on any atom is -0.416 e. The first kappa shape index (κ1) is 24.8. The van der Waals surface area contributed by atoms with Gasteiger partial charge in [-0.05, 0) is 42.5 Å². The average molecular weight is 540 g/mol. The van der Waals surface area contributed by atoms with Crippen LogP contribution in [0.25, 0.3) is 33.1 Å². The lowest BCUT2D eigenvalue weighted by Gasteiger charge is -2.12. The molecule has 15 heteroatoms. The molecule has 3 N–H and O–H groups in total. The fourth-order valence-electron chi connectivity index (χ4n) is 3.14. The molecular weight excluding hydrogens is 521 g/mol. The van der Waals surface area contributed by atoms with E-state index in [1.807, 2.05) is 0 Å². The van der Waals surface area contributed by atoms with Crippen molar-refractivity contribution < 1.29 is 30.4 Å². The number of primary sulfonamides is 1. The van der Waals surface area contributed by atoms with Gasteiger partial charge in [0.05, 0.1) is 16.0 Å². The van der Waals surface area contributed by atoms with Crippen molar-refractivity contribution in [3.05, 3.63) is 53.3 Å². The third-order valence-corrected chi connectivity index (χ3v) is 8.04. The Morgan fingerprint density at radius 3 is 2.34 bits per heavy atom. The van der Waals surface area contributed by atoms with Crippen LogP contribution in [0.1, 0.15) is 10.3 Å². The fourth-order valence-corrected chi connectivity index (χ4v) is 6.07. The van der Waals surface area contributed by atoms with Gasteiger partial charge in [-0.3, -0.25) is 4.79 Å². The Bertz CT molecular complexity index is 1610. The molecule has 0 saturated carbocycles. The van der Waals surface area contributed by atoms with Gasteiger partial charge < -0.3 is 9.73 Å². The molecule has 0 aliphatic carbocycles. The maximum atomic E-state index is 13.1. The molecule has 1 unspecified atom stereocenters. The lowest BCUT2D eigenvalue weighted by Crippen LogP contribution is -2.37. The summed E-state index contributed by atoms with van der Waals surface area (Å²) in [6.07, 6.45) is 0.893. The smallest absolute Gasteiger partial charge is 0.248 e. The second-order valence-electron chi connectivity index (χ2n) is 7.52. The minimum atomic E-state index is -3.94. The number of sulfone groups is 1. The van der Waals surface area contributed by atoms with Crippen LogP contribution >= 0.6 is 11.3 Å². The molecule has 35 heavy (non-hydrogen) atoms. The Balaban J connectivity index is 1.62. The van der Waals surface area contributed by atoms with Gasteiger partial charge >= 0.3 is 0 Å². The summed E-state index contributed by atoms with van der Waals surface area (Å²) in [4.78, 5) is 16.9. The normalized spacial score (nSPS) is 13.1. The van der Waals surface area contributed by atoms with E-state index < -0.39 is 42.6 Å². The zero-order chi connectivity index (χ0) is 25.4. The molecule has 0 aliphatic heterocycles. The number of halogens is 1. The van der Waals surface area contributed by atoms with Crippen molar-refractivity contribution in [1.29, 1.82) is 0 Å². The van der Waals surface area contributed by atoms with Crippen LogP contribution in [0, 0.1) is 5.82 Å². The van der Waals surface area contributed by atoms with E-state index in [9.17, 15) is 26.0 Å². The van der Waals surface area contributed by atoms with Crippen LogP contribution < -0.4 is 10.5 Å². The summed E-state index contributed by atoms with van der Waals surface area (Å²) < 4.78 is 66.3. The number of nitrogens with zero attached hydrogens (tertiary/aromatic N) is 3. The number of carbonyl (C=O) groups is 1. The first-order valence-electron chi connectivity index (χ1n) is 9.88. The Morgan fingerprint density at radius 1 is 1.09 bits per heavy atom. The van der Waals surface area contributed by atoms with Crippen molar-refractivity contribution in [3.63, 3.8) is 0 Å². The number of hydrogen-bond donors (Lipinski definition) is 2. The third kappa shape index (κ3) is 5.87. The van der Waals surface area contributed by atoms with Gasteiger partial charge in [0.2, 0.25) is 27.7 Å². The maximum absolute atomic E-state index is 13.1. The van der Waals surface area contributed by atoms with Crippen LogP contribution in [0.15, 0.2) is 46.9 Å². The lowest BCUT2D eigenvalue weighted by molar-refractivity contribution is -0.120. The second-order valence-corrected chi connectivity index (χ2v) is 12.4. The summed E-state index contributed by atoms with van der Waals surface area (Å²) in [5.74, 6) is -1.47. The molecule has 0 radical (unpaired) electrons. The largest absolute Gasteiger partial charge is 0.416 e. The van der Waals surface area contributed by atoms with Gasteiger partial charge in [-0.15, -0.1) is 21.5 Å². The van der Waals surface area contributed by atoms with Crippen molar-refractivity contribution in [2.45, 2.75) is 5.25 Å². The average Bonchev–Trinajstić information content (AvgIpc) is 3.39. The number of fused-ring (bicyclic) bond motifs is 1. The van der Waals surface area contributed by atoms with Gasteiger partial charge in [-0.2, -0.15) is 0 Å². The zero-order valence-electron chi connectivity index (χ0n) is 18.0. The minimum absolute atomic E-state index is 0.0188. The van der Waals surface area contributed by atoms with Crippen LogP contribution in [0.5, 0.6) is 0 Å². The number of nitrogens with two attached hydrogens (primary N) is 1. The molecule has 2 aromatic carbocycles. The molecule has 0 bridgehead atoms. The van der Waals surface area contributed by atoms with E-state index in [1.165, 1.54) is 24.3 Å². The number of amides is 1. The number of thiazole rings is 1. The van der Waals surface area contributed by atoms with E-state index >= 15 is 0 Å². The molecule has 4 rings (SSSR count). The quantitative estimate of drug-likeness (QED) is 0.337. The highest BCUT2D eigenvalue weighted by Gasteiger charge is 2.34. The standard InChI is InChI=1S/C20H18FN5O6S3/c1-34(28,29)16(17(27)23-8-9-35(22,30)31)20-24-14-7-4-12(10-15(14)33-20)19-26-25-18(32-19)11-2-5-13(21)6-3-11/h2-7,10,16H,8-9H2,1H3,(H,23,27)(H2,22,30,31). The molecule has 184 valence electrons. The Morgan fingerprint density at radius 2 is 1.71 bits per heavy atom. The topological polar surface area (TPSA) is 175 Å². The van der Waals surface area contributed by atoms with Crippen LogP contribution in [0.4, 0.5) is 4.39 Å². The molecule has 11 nitrogen and oxygen atoms in total. The number of nitrogens with one attached hydrogen (secondary N) is 1. The molecule has 1 atom stereocenters. The molecule has 0 aliphatic rings. The predicted molar refractivity (Wildman–Crippen MR) is 127 cm³/mol. The van der Waals surface area contributed by atoms with Gasteiger partial charge in [0.1, 0.15) is 10.8 Å². The van der Waals surface area contributed by atoms with Gasteiger partial charge in [0, 0.05) is 23.9 Å². The summed E-state index contributed by atoms with van der Waals surface area (Å²) in [5, 5.41) is 13.6. The number of rotatable bonds is 8. The monoisotopic (exact) mass is 539 g/mol. The molecule has 0 fully saturated rings. The summed E-state index contributed by atoms with van der Waals surface area (Å²) in [6, 6.07) is 10.5. The fraction of sp³-hybridized carbons (Fsp3) is 0.200. The molecule has 1 amide bonds. The molecule has 4 aromatic rings. The number of aromatic nitrogens is 3. The summed E-state index contributed by atoms with van der Waals surface area (Å²) >= 11 is 0.988. The first-order chi connectivity index (χ1) is 16.4. The summed E-state index contributed by atoms with van der Waals surface area (Å²) in [6.45, 7) is -0.341. The van der Waals surface area contributed by atoms with Crippen LogP contribution in [-0.2, 0) is 24.7 Å². The van der Waals surface area contributed by atoms with E-state index in [2.05, 4.69) is 20.5 Å². The zero-order valence-corrected chi connectivity index (χ0v) is 20.5. The van der Waals surface area contributed by atoms with Crippen molar-refractivity contribution in [1.82, 2.24) is 20.5 Å². The second kappa shape index (κ2) is 9.41. The highest BCUT2D eigenvalue weighted by Crippen LogP contribution is 2.33. The van der Waals surface area contributed by atoms with Gasteiger partial charge in [-0.1, -0.05) is 0 Å². The van der Waals surface area contributed by atoms with Crippen molar-refractivity contribution in [3.8, 4) is 22.9 Å². The van der Waals surface area contributed by atoms with Gasteiger partial charge in [-0.25, -0.2) is 31.3 Å². The number of sulfonamides is 1. The molecule has 2 aromatic heterocycles. The summed E-state index contributed by atoms with van der Waals surface area (Å²) in [5.41, 5.74) is 1.51. The molecule has 2 heterocycles. The maximum Gasteiger partial charge on any atom is 0.248 e. The van der Waals surface area contributed by atoms with Gasteiger partial charge in [0.25, 0.3) is 0 Å². The van der Waals surface area contributed by atoms with Crippen molar-refractivity contribution >= 4 is 47.3 Å². The van der Waals surface area contributed by atoms with Gasteiger partial charge in [0.15, 0.2) is 15.1 Å². The molecule has 0 saturated heterocycles. The highest BCUT2D eigenvalue weighted by molar-refractivity contribution is 7.91. The van der Waals surface area contributed by atoms with E-state index in [0.29, 0.717) is 21.3 Å².